The van der Waals surface area contributed by atoms with Gasteiger partial charge in [0.15, 0.2) is 21.3 Å². The first-order valence-electron chi connectivity index (χ1n) is 7.03. The van der Waals surface area contributed by atoms with Crippen molar-refractivity contribution in [3.05, 3.63) is 53.9 Å². The minimum Gasteiger partial charge on any atom is -0.504 e. The molecule has 4 N–H and O–H groups in total. The molecule has 23 heavy (non-hydrogen) atoms. The van der Waals surface area contributed by atoms with Crippen LogP contribution >= 0.6 is 0 Å². The van der Waals surface area contributed by atoms with Crippen LogP contribution < -0.4 is 5.73 Å². The number of sulfone groups is 1. The Balaban J connectivity index is 2.67. The molecule has 0 bridgehead atoms. The molecular formula is C17H19NO4S. The highest BCUT2D eigenvalue weighted by molar-refractivity contribution is 7.94. The second kappa shape index (κ2) is 6.44. The zero-order valence-electron chi connectivity index (χ0n) is 12.7. The lowest BCUT2D eigenvalue weighted by Gasteiger charge is -2.14. The third-order valence-corrected chi connectivity index (χ3v) is 4.81. The predicted octanol–water partition coefficient (Wildman–Crippen LogP) is 2.57. The highest BCUT2D eigenvalue weighted by atomic mass is 32.2. The summed E-state index contributed by atoms with van der Waals surface area (Å²) < 4.78 is 24.0. The summed E-state index contributed by atoms with van der Waals surface area (Å²) in [4.78, 5) is 0.114. The average Bonchev–Trinajstić information content (AvgIpc) is 2.50. The summed E-state index contributed by atoms with van der Waals surface area (Å²) in [5, 5.41) is 20.0. The van der Waals surface area contributed by atoms with Crippen molar-refractivity contribution in [3.8, 4) is 22.6 Å². The Bertz CT molecular complexity index is 842. The Morgan fingerprint density at radius 2 is 1.87 bits per heavy atom. The van der Waals surface area contributed by atoms with Crippen molar-refractivity contribution in [1.82, 2.24) is 0 Å². The lowest BCUT2D eigenvalue weighted by Crippen LogP contribution is -2.18. The number of phenols is 2. The van der Waals surface area contributed by atoms with Crippen molar-refractivity contribution in [1.29, 1.82) is 0 Å². The normalized spacial score (nSPS) is 12.8. The number of aromatic hydroxyl groups is 2. The van der Waals surface area contributed by atoms with Gasteiger partial charge in [0.25, 0.3) is 0 Å². The molecule has 0 aromatic heterocycles. The molecule has 0 fully saturated rings. The predicted molar refractivity (Wildman–Crippen MR) is 89.9 cm³/mol. The van der Waals surface area contributed by atoms with Crippen LogP contribution in [-0.4, -0.2) is 24.7 Å². The van der Waals surface area contributed by atoms with Crippen molar-refractivity contribution in [2.24, 2.45) is 5.73 Å². The van der Waals surface area contributed by atoms with Crippen molar-refractivity contribution < 1.29 is 18.6 Å². The molecule has 0 saturated heterocycles. The second-order valence-electron chi connectivity index (χ2n) is 5.42. The van der Waals surface area contributed by atoms with E-state index in [-0.39, 0.29) is 22.4 Å². The zero-order valence-corrected chi connectivity index (χ0v) is 13.5. The summed E-state index contributed by atoms with van der Waals surface area (Å²) in [6.45, 7) is 5.18. The van der Waals surface area contributed by atoms with Crippen molar-refractivity contribution >= 4 is 9.84 Å². The molecule has 1 atom stereocenters. The van der Waals surface area contributed by atoms with Gasteiger partial charge in [0.1, 0.15) is 0 Å². The van der Waals surface area contributed by atoms with Crippen LogP contribution in [0.3, 0.4) is 0 Å². The van der Waals surface area contributed by atoms with E-state index in [1.807, 2.05) is 6.92 Å². The van der Waals surface area contributed by atoms with Crippen LogP contribution in [0.15, 0.2) is 53.3 Å². The maximum absolute atomic E-state index is 12.0. The summed E-state index contributed by atoms with van der Waals surface area (Å²) >= 11 is 0. The molecule has 5 nitrogen and oxygen atoms in total. The van der Waals surface area contributed by atoms with Gasteiger partial charge in [-0.25, -0.2) is 8.42 Å². The van der Waals surface area contributed by atoms with Crippen LogP contribution in [0.5, 0.6) is 11.5 Å². The molecule has 2 aromatic rings. The first-order valence-corrected chi connectivity index (χ1v) is 8.57. The van der Waals surface area contributed by atoms with Crippen LogP contribution in [-0.2, 0) is 16.3 Å². The van der Waals surface area contributed by atoms with Gasteiger partial charge in [-0.15, -0.1) is 0 Å². The number of hydrogen-bond donors (Lipinski definition) is 3. The quantitative estimate of drug-likeness (QED) is 0.730. The maximum Gasteiger partial charge on any atom is 0.199 e. The fourth-order valence-corrected chi connectivity index (χ4v) is 3.05. The molecule has 6 heteroatoms. The Kier molecular flexibility index (Phi) is 4.77. The van der Waals surface area contributed by atoms with E-state index in [0.717, 1.165) is 11.0 Å². The number of rotatable bonds is 5. The van der Waals surface area contributed by atoms with Gasteiger partial charge in [-0.2, -0.15) is 0 Å². The van der Waals surface area contributed by atoms with Crippen LogP contribution in [0.4, 0.5) is 0 Å². The minimum atomic E-state index is -3.57. The summed E-state index contributed by atoms with van der Waals surface area (Å²) in [7, 11) is -3.57. The molecule has 0 aliphatic rings. The van der Waals surface area contributed by atoms with E-state index in [0.29, 0.717) is 17.5 Å². The Hall–Kier alpha value is -2.31. The van der Waals surface area contributed by atoms with Crippen LogP contribution in [0.2, 0.25) is 0 Å². The third-order valence-electron chi connectivity index (χ3n) is 3.46. The van der Waals surface area contributed by atoms with E-state index in [2.05, 4.69) is 6.58 Å². The molecule has 0 aliphatic heterocycles. The van der Waals surface area contributed by atoms with E-state index < -0.39 is 9.84 Å². The summed E-state index contributed by atoms with van der Waals surface area (Å²) in [5.41, 5.74) is 7.94. The topological polar surface area (TPSA) is 101 Å². The average molecular weight is 333 g/mol. The van der Waals surface area contributed by atoms with Gasteiger partial charge in [-0.3, -0.25) is 0 Å². The van der Waals surface area contributed by atoms with Crippen LogP contribution in [0.25, 0.3) is 11.1 Å². The molecule has 122 valence electrons. The standard InChI is InChI=1S/C17H19NO4S/c1-3-23(21,22)14-6-4-12(8-11(2)18)15(10-14)13-5-7-16(19)17(20)9-13/h3-7,9-11,19-20H,1,8,18H2,2H3. The Labute approximate surface area is 135 Å². The lowest BCUT2D eigenvalue weighted by atomic mass is 9.95. The summed E-state index contributed by atoms with van der Waals surface area (Å²) in [5.74, 6) is -0.511. The second-order valence-corrected chi connectivity index (χ2v) is 7.31. The van der Waals surface area contributed by atoms with Gasteiger partial charge < -0.3 is 15.9 Å². The smallest absolute Gasteiger partial charge is 0.199 e. The van der Waals surface area contributed by atoms with Gasteiger partial charge in [-0.1, -0.05) is 18.7 Å². The number of phenolic OH excluding ortho intramolecular Hbond substituents is 2. The molecule has 2 aromatic carbocycles. The van der Waals surface area contributed by atoms with Gasteiger partial charge in [0, 0.05) is 11.4 Å². The molecule has 0 radical (unpaired) electrons. The molecule has 0 spiro atoms. The molecule has 0 aliphatic carbocycles. The van der Waals surface area contributed by atoms with E-state index in [4.69, 9.17) is 5.73 Å². The SMILES string of the molecule is C=CS(=O)(=O)c1ccc(CC(C)N)c(-c2ccc(O)c(O)c2)c1. The lowest BCUT2D eigenvalue weighted by molar-refractivity contribution is 0.404. The van der Waals surface area contributed by atoms with Crippen molar-refractivity contribution in [2.75, 3.05) is 0 Å². The molecular weight excluding hydrogens is 314 g/mol. The number of hydrogen-bond acceptors (Lipinski definition) is 5. The van der Waals surface area contributed by atoms with Gasteiger partial charge >= 0.3 is 0 Å². The van der Waals surface area contributed by atoms with Gasteiger partial charge in [0.05, 0.1) is 4.90 Å². The van der Waals surface area contributed by atoms with E-state index >= 15 is 0 Å². The van der Waals surface area contributed by atoms with Crippen LogP contribution in [0, 0.1) is 0 Å². The molecule has 0 heterocycles. The highest BCUT2D eigenvalue weighted by Crippen LogP contribution is 2.34. The largest absolute Gasteiger partial charge is 0.504 e. The monoisotopic (exact) mass is 333 g/mol. The number of benzene rings is 2. The molecule has 2 rings (SSSR count). The summed E-state index contributed by atoms with van der Waals surface area (Å²) in [6, 6.07) is 8.99. The Morgan fingerprint density at radius 1 is 1.17 bits per heavy atom. The first kappa shape index (κ1) is 17.1. The third kappa shape index (κ3) is 3.72. The van der Waals surface area contributed by atoms with E-state index in [1.54, 1.807) is 12.1 Å². The van der Waals surface area contributed by atoms with E-state index in [9.17, 15) is 18.6 Å². The zero-order chi connectivity index (χ0) is 17.2. The number of nitrogens with two attached hydrogens (primary N) is 1. The van der Waals surface area contributed by atoms with Gasteiger partial charge in [-0.05, 0) is 54.3 Å². The highest BCUT2D eigenvalue weighted by Gasteiger charge is 2.15. The van der Waals surface area contributed by atoms with Gasteiger partial charge in [0.2, 0.25) is 0 Å². The fraction of sp³-hybridized carbons (Fsp3) is 0.176. The van der Waals surface area contributed by atoms with E-state index in [1.165, 1.54) is 24.3 Å². The van der Waals surface area contributed by atoms with Crippen molar-refractivity contribution in [2.45, 2.75) is 24.3 Å². The molecule has 1 unspecified atom stereocenters. The van der Waals surface area contributed by atoms with Crippen molar-refractivity contribution in [3.63, 3.8) is 0 Å². The molecule has 0 saturated carbocycles. The Morgan fingerprint density at radius 3 is 2.43 bits per heavy atom. The summed E-state index contributed by atoms with van der Waals surface area (Å²) in [6.07, 6.45) is 0.547. The fourth-order valence-electron chi connectivity index (χ4n) is 2.31. The minimum absolute atomic E-state index is 0.110. The van der Waals surface area contributed by atoms with Crippen LogP contribution in [0.1, 0.15) is 12.5 Å². The first-order chi connectivity index (χ1) is 10.7. The maximum atomic E-state index is 12.0. The molecule has 0 amide bonds.